The van der Waals surface area contributed by atoms with Gasteiger partial charge in [-0.1, -0.05) is 0 Å². The molecule has 18 heavy (non-hydrogen) atoms. The van der Waals surface area contributed by atoms with E-state index in [1.54, 1.807) is 6.20 Å². The molecule has 1 saturated heterocycles. The summed E-state index contributed by atoms with van der Waals surface area (Å²) in [6.07, 6.45) is 3.62. The number of likely N-dealkylation sites (tertiary alicyclic amines) is 1. The number of methoxy groups -OCH3 is 1. The first-order valence-corrected chi connectivity index (χ1v) is 6.15. The Balaban J connectivity index is 2.09. The van der Waals surface area contributed by atoms with Crippen LogP contribution in [0.5, 0.6) is 0 Å². The zero-order valence-electron chi connectivity index (χ0n) is 10.7. The lowest BCUT2D eigenvalue weighted by Gasteiger charge is -2.21. The molecule has 0 bridgehead atoms. The predicted molar refractivity (Wildman–Crippen MR) is 64.7 cm³/mol. The second-order valence-electron chi connectivity index (χ2n) is 4.49. The van der Waals surface area contributed by atoms with Crippen LogP contribution in [0.3, 0.4) is 0 Å². The van der Waals surface area contributed by atoms with E-state index in [1.165, 1.54) is 7.11 Å². The molecule has 6 nitrogen and oxygen atoms in total. The maximum absolute atomic E-state index is 11.7. The Morgan fingerprint density at radius 2 is 2.44 bits per heavy atom. The fourth-order valence-electron chi connectivity index (χ4n) is 2.40. The number of aryl methyl sites for hydroxylation is 1. The van der Waals surface area contributed by atoms with Gasteiger partial charge in [0, 0.05) is 31.9 Å². The summed E-state index contributed by atoms with van der Waals surface area (Å²) in [6.45, 7) is 3.92. The third-order valence-electron chi connectivity index (χ3n) is 3.34. The van der Waals surface area contributed by atoms with Crippen LogP contribution in [-0.4, -0.2) is 51.3 Å². The molecule has 0 aliphatic carbocycles. The van der Waals surface area contributed by atoms with Gasteiger partial charge in [0.15, 0.2) is 0 Å². The quantitative estimate of drug-likeness (QED) is 0.766. The van der Waals surface area contributed by atoms with E-state index in [9.17, 15) is 9.90 Å². The number of aliphatic hydroxyl groups excluding tert-OH is 1. The summed E-state index contributed by atoms with van der Waals surface area (Å²) in [6, 6.07) is -0.369. The smallest absolute Gasteiger partial charge is 0.323 e. The van der Waals surface area contributed by atoms with Crippen LogP contribution < -0.4 is 0 Å². The molecular formula is C12H19N3O3. The van der Waals surface area contributed by atoms with E-state index in [4.69, 9.17) is 4.74 Å². The van der Waals surface area contributed by atoms with E-state index < -0.39 is 6.10 Å². The Morgan fingerprint density at radius 3 is 3.11 bits per heavy atom. The molecule has 1 aliphatic heterocycles. The third kappa shape index (κ3) is 2.54. The molecule has 0 saturated carbocycles. The van der Waals surface area contributed by atoms with Crippen LogP contribution >= 0.6 is 0 Å². The predicted octanol–water partition coefficient (Wildman–Crippen LogP) is 0.0112. The molecule has 100 valence electrons. The van der Waals surface area contributed by atoms with Gasteiger partial charge in [-0.25, -0.2) is 4.98 Å². The van der Waals surface area contributed by atoms with Gasteiger partial charge in [-0.2, -0.15) is 0 Å². The number of hydrogen-bond donors (Lipinski definition) is 1. The van der Waals surface area contributed by atoms with Crippen LogP contribution in [-0.2, 0) is 22.6 Å². The van der Waals surface area contributed by atoms with Crippen molar-refractivity contribution in [2.24, 2.45) is 0 Å². The molecule has 2 atom stereocenters. The van der Waals surface area contributed by atoms with Crippen molar-refractivity contribution in [1.82, 2.24) is 14.5 Å². The summed E-state index contributed by atoms with van der Waals surface area (Å²) in [5.41, 5.74) is 0. The van der Waals surface area contributed by atoms with Crippen molar-refractivity contribution in [3.05, 3.63) is 18.2 Å². The maximum atomic E-state index is 11.7. The molecule has 2 unspecified atom stereocenters. The molecular weight excluding hydrogens is 234 g/mol. The molecule has 0 spiro atoms. The molecule has 1 fully saturated rings. The van der Waals surface area contributed by atoms with E-state index in [2.05, 4.69) is 4.98 Å². The summed E-state index contributed by atoms with van der Waals surface area (Å²) in [4.78, 5) is 17.9. The van der Waals surface area contributed by atoms with Crippen LogP contribution in [0.1, 0.15) is 19.2 Å². The summed E-state index contributed by atoms with van der Waals surface area (Å²) >= 11 is 0. The number of nitrogens with zero attached hydrogens (tertiary/aromatic N) is 3. The van der Waals surface area contributed by atoms with Crippen molar-refractivity contribution >= 4 is 5.97 Å². The van der Waals surface area contributed by atoms with E-state index in [0.29, 0.717) is 19.5 Å². The fourth-order valence-corrected chi connectivity index (χ4v) is 2.40. The fraction of sp³-hybridized carbons (Fsp3) is 0.667. The number of esters is 1. The lowest BCUT2D eigenvalue weighted by Crippen LogP contribution is -2.37. The number of rotatable bonds is 4. The van der Waals surface area contributed by atoms with Crippen molar-refractivity contribution in [3.63, 3.8) is 0 Å². The van der Waals surface area contributed by atoms with Gasteiger partial charge in [0.05, 0.1) is 19.8 Å². The highest BCUT2D eigenvalue weighted by Gasteiger charge is 2.37. The van der Waals surface area contributed by atoms with Gasteiger partial charge in [-0.05, 0) is 6.92 Å². The molecule has 0 radical (unpaired) electrons. The SMILES string of the molecule is CCn1ccnc1CN1CC(O)CC1C(=O)OC. The van der Waals surface area contributed by atoms with Crippen LogP contribution in [0.2, 0.25) is 0 Å². The van der Waals surface area contributed by atoms with Gasteiger partial charge in [-0.3, -0.25) is 9.69 Å². The Hall–Kier alpha value is -1.40. The van der Waals surface area contributed by atoms with Crippen molar-refractivity contribution in [2.45, 2.75) is 38.6 Å². The van der Waals surface area contributed by atoms with Gasteiger partial charge < -0.3 is 14.4 Å². The normalized spacial score (nSPS) is 24.4. The number of carbonyl (C=O) groups excluding carboxylic acids is 1. The first kappa shape index (κ1) is 13.0. The van der Waals surface area contributed by atoms with Gasteiger partial charge in [0.2, 0.25) is 0 Å². The molecule has 0 aromatic carbocycles. The summed E-state index contributed by atoms with van der Waals surface area (Å²) in [5.74, 6) is 0.613. The number of hydrogen-bond acceptors (Lipinski definition) is 5. The highest BCUT2D eigenvalue weighted by atomic mass is 16.5. The molecule has 1 aliphatic rings. The lowest BCUT2D eigenvalue weighted by atomic mass is 10.2. The van der Waals surface area contributed by atoms with Gasteiger partial charge in [-0.15, -0.1) is 0 Å². The highest BCUT2D eigenvalue weighted by molar-refractivity contribution is 5.76. The van der Waals surface area contributed by atoms with E-state index >= 15 is 0 Å². The number of aliphatic hydroxyl groups is 1. The second kappa shape index (κ2) is 5.49. The van der Waals surface area contributed by atoms with Gasteiger partial charge in [0.25, 0.3) is 0 Å². The number of aromatic nitrogens is 2. The lowest BCUT2D eigenvalue weighted by molar-refractivity contribution is -0.146. The average molecular weight is 253 g/mol. The van der Waals surface area contributed by atoms with Crippen molar-refractivity contribution in [1.29, 1.82) is 0 Å². The number of imidazole rings is 1. The Labute approximate surface area is 106 Å². The van der Waals surface area contributed by atoms with E-state index in [0.717, 1.165) is 12.4 Å². The molecule has 0 amide bonds. The van der Waals surface area contributed by atoms with Crippen LogP contribution in [0.4, 0.5) is 0 Å². The number of carbonyl (C=O) groups is 1. The molecule has 2 heterocycles. The zero-order valence-corrected chi connectivity index (χ0v) is 10.7. The minimum Gasteiger partial charge on any atom is -0.468 e. The second-order valence-corrected chi connectivity index (χ2v) is 4.49. The number of ether oxygens (including phenoxy) is 1. The first-order chi connectivity index (χ1) is 8.65. The Bertz CT molecular complexity index is 418. The first-order valence-electron chi connectivity index (χ1n) is 6.15. The minimum atomic E-state index is -0.473. The van der Waals surface area contributed by atoms with Crippen LogP contribution in [0.15, 0.2) is 12.4 Å². The Morgan fingerprint density at radius 1 is 1.67 bits per heavy atom. The summed E-state index contributed by atoms with van der Waals surface area (Å²) < 4.78 is 6.80. The minimum absolute atomic E-state index is 0.291. The zero-order chi connectivity index (χ0) is 13.1. The molecule has 1 aromatic heterocycles. The van der Waals surface area contributed by atoms with Gasteiger partial charge in [0.1, 0.15) is 11.9 Å². The molecule has 1 aromatic rings. The van der Waals surface area contributed by atoms with Crippen LogP contribution in [0, 0.1) is 0 Å². The Kier molecular flexibility index (Phi) is 3.98. The van der Waals surface area contributed by atoms with Crippen molar-refractivity contribution in [2.75, 3.05) is 13.7 Å². The maximum Gasteiger partial charge on any atom is 0.323 e. The van der Waals surface area contributed by atoms with E-state index in [-0.39, 0.29) is 12.0 Å². The van der Waals surface area contributed by atoms with Crippen LogP contribution in [0.25, 0.3) is 0 Å². The molecule has 2 rings (SSSR count). The average Bonchev–Trinajstić information content (AvgIpc) is 2.95. The topological polar surface area (TPSA) is 67.6 Å². The van der Waals surface area contributed by atoms with Crippen molar-refractivity contribution in [3.8, 4) is 0 Å². The van der Waals surface area contributed by atoms with E-state index in [1.807, 2.05) is 22.6 Å². The number of β-amino-alcohol motifs (C(OH)–C–C–N with tert-alkyl or cyclic N) is 1. The molecule has 1 N–H and O–H groups in total. The van der Waals surface area contributed by atoms with Gasteiger partial charge >= 0.3 is 5.97 Å². The third-order valence-corrected chi connectivity index (χ3v) is 3.34. The largest absolute Gasteiger partial charge is 0.468 e. The standard InChI is InChI=1S/C12H19N3O3/c1-3-14-5-4-13-11(14)8-15-7-9(16)6-10(15)12(17)18-2/h4-5,9-10,16H,3,6-8H2,1-2H3. The summed E-state index contributed by atoms with van der Waals surface area (Å²) in [7, 11) is 1.37. The van der Waals surface area contributed by atoms with Crippen molar-refractivity contribution < 1.29 is 14.6 Å². The molecule has 6 heteroatoms. The monoisotopic (exact) mass is 253 g/mol. The summed E-state index contributed by atoms with van der Waals surface area (Å²) in [5, 5.41) is 9.69. The highest BCUT2D eigenvalue weighted by Crippen LogP contribution is 2.21.